The summed E-state index contributed by atoms with van der Waals surface area (Å²) in [6, 6.07) is 7.85. The van der Waals surface area contributed by atoms with Crippen LogP contribution in [0.15, 0.2) is 29.3 Å². The third kappa shape index (κ3) is 9.10. The van der Waals surface area contributed by atoms with Crippen molar-refractivity contribution in [2.75, 3.05) is 13.1 Å². The van der Waals surface area contributed by atoms with Gasteiger partial charge in [0.25, 0.3) is 0 Å². The molecule has 0 radical (unpaired) electrons. The van der Waals surface area contributed by atoms with Crippen LogP contribution in [0.25, 0.3) is 0 Å². The van der Waals surface area contributed by atoms with Gasteiger partial charge in [0, 0.05) is 18.1 Å². The van der Waals surface area contributed by atoms with Crippen LogP contribution in [0.3, 0.4) is 0 Å². The molecule has 1 aromatic rings. The lowest BCUT2D eigenvalue weighted by atomic mass is 10.1. The van der Waals surface area contributed by atoms with Gasteiger partial charge in [-0.25, -0.2) is 0 Å². The topological polar surface area (TPSA) is 50.4 Å². The number of nitrogens with two attached hydrogens (primary N) is 1. The van der Waals surface area contributed by atoms with Gasteiger partial charge in [0.2, 0.25) is 0 Å². The Morgan fingerprint density at radius 3 is 2.79 bits per heavy atom. The maximum atomic E-state index is 5.92. The molecule has 0 heterocycles. The van der Waals surface area contributed by atoms with E-state index in [9.17, 15) is 0 Å². The minimum Gasteiger partial charge on any atom is -0.370 e. The number of guanidine groups is 1. The van der Waals surface area contributed by atoms with Crippen molar-refractivity contribution in [2.24, 2.45) is 16.6 Å². The summed E-state index contributed by atoms with van der Waals surface area (Å²) >= 11 is 5.92. The Bertz CT molecular complexity index is 394. The first-order valence-corrected chi connectivity index (χ1v) is 6.74. The quantitative estimate of drug-likeness (QED) is 0.440. The van der Waals surface area contributed by atoms with E-state index in [0.29, 0.717) is 11.9 Å². The van der Waals surface area contributed by atoms with Crippen molar-refractivity contribution in [3.8, 4) is 0 Å². The van der Waals surface area contributed by atoms with Crippen molar-refractivity contribution in [3.63, 3.8) is 0 Å². The molecule has 0 bridgehead atoms. The minimum atomic E-state index is 0. The fraction of sp³-hybridized carbons (Fsp3) is 0.500. The van der Waals surface area contributed by atoms with Crippen LogP contribution in [-0.2, 0) is 6.42 Å². The predicted molar refractivity (Wildman–Crippen MR) is 94.5 cm³/mol. The predicted octanol–water partition coefficient (Wildman–Crippen LogP) is 3.45. The molecule has 1 rings (SSSR count). The summed E-state index contributed by atoms with van der Waals surface area (Å²) in [4.78, 5) is 4.27. The van der Waals surface area contributed by atoms with E-state index in [0.717, 1.165) is 31.0 Å². The number of rotatable bonds is 6. The summed E-state index contributed by atoms with van der Waals surface area (Å²) in [7, 11) is 0. The van der Waals surface area contributed by atoms with Crippen molar-refractivity contribution >= 4 is 41.5 Å². The van der Waals surface area contributed by atoms with Crippen LogP contribution in [0.1, 0.15) is 25.8 Å². The van der Waals surface area contributed by atoms with Crippen molar-refractivity contribution < 1.29 is 0 Å². The van der Waals surface area contributed by atoms with Gasteiger partial charge < -0.3 is 11.1 Å². The largest absolute Gasteiger partial charge is 0.370 e. The molecule has 0 amide bonds. The fourth-order valence-corrected chi connectivity index (χ4v) is 1.74. The zero-order valence-corrected chi connectivity index (χ0v) is 14.6. The molecule has 0 saturated carbocycles. The van der Waals surface area contributed by atoms with Gasteiger partial charge in [0.05, 0.1) is 0 Å². The molecule has 108 valence electrons. The first-order chi connectivity index (χ1) is 8.58. The summed E-state index contributed by atoms with van der Waals surface area (Å²) < 4.78 is 0. The van der Waals surface area contributed by atoms with Gasteiger partial charge in [-0.3, -0.25) is 4.99 Å². The molecule has 0 atom stereocenters. The van der Waals surface area contributed by atoms with E-state index >= 15 is 0 Å². The molecule has 5 heteroatoms. The van der Waals surface area contributed by atoms with Crippen LogP contribution in [0, 0.1) is 5.92 Å². The molecule has 0 aromatic heterocycles. The van der Waals surface area contributed by atoms with Crippen molar-refractivity contribution in [1.82, 2.24) is 5.32 Å². The van der Waals surface area contributed by atoms with Crippen molar-refractivity contribution in [3.05, 3.63) is 34.9 Å². The van der Waals surface area contributed by atoms with Crippen LogP contribution < -0.4 is 11.1 Å². The van der Waals surface area contributed by atoms with E-state index in [2.05, 4.69) is 30.2 Å². The summed E-state index contributed by atoms with van der Waals surface area (Å²) in [6.07, 6.45) is 1.96. The second kappa shape index (κ2) is 10.3. The summed E-state index contributed by atoms with van der Waals surface area (Å²) in [5.74, 6) is 1.19. The molecule has 1 aromatic carbocycles. The first-order valence-electron chi connectivity index (χ1n) is 6.36. The highest BCUT2D eigenvalue weighted by Gasteiger charge is 1.96. The summed E-state index contributed by atoms with van der Waals surface area (Å²) in [5, 5.41) is 3.88. The van der Waals surface area contributed by atoms with Crippen molar-refractivity contribution in [2.45, 2.75) is 26.7 Å². The van der Waals surface area contributed by atoms with E-state index in [-0.39, 0.29) is 24.0 Å². The minimum absolute atomic E-state index is 0. The maximum absolute atomic E-state index is 5.92. The molecule has 3 nitrogen and oxygen atoms in total. The van der Waals surface area contributed by atoms with E-state index < -0.39 is 0 Å². The molecule has 0 fully saturated rings. The third-order valence-corrected chi connectivity index (χ3v) is 2.83. The lowest BCUT2D eigenvalue weighted by Gasteiger charge is -2.06. The molecule has 0 aliphatic heterocycles. The lowest BCUT2D eigenvalue weighted by Crippen LogP contribution is -2.33. The number of hydrogen-bond acceptors (Lipinski definition) is 1. The molecule has 0 aliphatic rings. The molecular weight excluding hydrogens is 373 g/mol. The van der Waals surface area contributed by atoms with Gasteiger partial charge in [0.1, 0.15) is 0 Å². The fourth-order valence-electron chi connectivity index (χ4n) is 1.53. The molecular formula is C14H23ClIN3. The number of nitrogens with one attached hydrogen (secondary N) is 1. The molecule has 0 spiro atoms. The van der Waals surface area contributed by atoms with Gasteiger partial charge >= 0.3 is 0 Å². The maximum Gasteiger partial charge on any atom is 0.188 e. The Balaban J connectivity index is 0.00000324. The third-order valence-electron chi connectivity index (χ3n) is 2.60. The van der Waals surface area contributed by atoms with Crippen LogP contribution >= 0.6 is 35.6 Å². The Morgan fingerprint density at radius 1 is 1.42 bits per heavy atom. The first kappa shape index (κ1) is 18.5. The zero-order chi connectivity index (χ0) is 13.4. The van der Waals surface area contributed by atoms with Gasteiger partial charge in [-0.05, 0) is 36.5 Å². The number of hydrogen-bond donors (Lipinski definition) is 2. The standard InChI is InChI=1S/C14H22ClN3.HI/c1-11(2)6-8-17-14(16)18-9-7-12-4-3-5-13(15)10-12;/h3-5,10-11H,6-9H2,1-2H3,(H3,16,17,18);1H. The van der Waals surface area contributed by atoms with Gasteiger partial charge in [-0.1, -0.05) is 37.6 Å². The highest BCUT2D eigenvalue weighted by atomic mass is 127. The van der Waals surface area contributed by atoms with Crippen LogP contribution in [0.4, 0.5) is 0 Å². The second-order valence-electron chi connectivity index (χ2n) is 4.76. The lowest BCUT2D eigenvalue weighted by molar-refractivity contribution is 0.595. The number of halogens is 2. The van der Waals surface area contributed by atoms with Gasteiger partial charge in [-0.2, -0.15) is 0 Å². The zero-order valence-electron chi connectivity index (χ0n) is 11.5. The molecule has 0 saturated heterocycles. The van der Waals surface area contributed by atoms with Crippen LogP contribution in [-0.4, -0.2) is 19.0 Å². The molecule has 3 N–H and O–H groups in total. The van der Waals surface area contributed by atoms with Gasteiger partial charge in [0.15, 0.2) is 5.96 Å². The monoisotopic (exact) mass is 395 g/mol. The average Bonchev–Trinajstić information content (AvgIpc) is 2.28. The number of nitrogens with zero attached hydrogens (tertiary/aromatic N) is 1. The Kier molecular flexibility index (Phi) is 10.0. The smallest absolute Gasteiger partial charge is 0.188 e. The molecule has 0 aliphatic carbocycles. The highest BCUT2D eigenvalue weighted by Crippen LogP contribution is 2.10. The number of aliphatic imine (C=N–C) groups is 1. The van der Waals surface area contributed by atoms with E-state index in [4.69, 9.17) is 17.3 Å². The van der Waals surface area contributed by atoms with E-state index in [1.54, 1.807) is 0 Å². The van der Waals surface area contributed by atoms with E-state index in [1.807, 2.05) is 18.2 Å². The normalized spacial score (nSPS) is 11.3. The second-order valence-corrected chi connectivity index (χ2v) is 5.19. The van der Waals surface area contributed by atoms with E-state index in [1.165, 1.54) is 5.56 Å². The highest BCUT2D eigenvalue weighted by molar-refractivity contribution is 14.0. The summed E-state index contributed by atoms with van der Waals surface area (Å²) in [6.45, 7) is 5.92. The Morgan fingerprint density at radius 2 is 2.16 bits per heavy atom. The van der Waals surface area contributed by atoms with Crippen molar-refractivity contribution in [1.29, 1.82) is 0 Å². The Labute approximate surface area is 138 Å². The molecule has 0 unspecified atom stereocenters. The molecule has 19 heavy (non-hydrogen) atoms. The van der Waals surface area contributed by atoms with Crippen LogP contribution in [0.2, 0.25) is 5.02 Å². The van der Waals surface area contributed by atoms with Gasteiger partial charge in [-0.15, -0.1) is 24.0 Å². The Hall–Kier alpha value is -0.490. The summed E-state index contributed by atoms with van der Waals surface area (Å²) in [5.41, 5.74) is 6.97. The average molecular weight is 396 g/mol. The SMILES string of the molecule is CC(C)CCN=C(N)NCCc1cccc(Cl)c1.I. The van der Waals surface area contributed by atoms with Crippen LogP contribution in [0.5, 0.6) is 0 Å². The number of benzene rings is 1.